The molecule has 1 rings (SSSR count). The highest BCUT2D eigenvalue weighted by Gasteiger charge is 2.16. The van der Waals surface area contributed by atoms with Crippen molar-refractivity contribution in [2.45, 2.75) is 25.7 Å². The first kappa shape index (κ1) is 15.7. The number of aromatic carboxylic acids is 1. The molecule has 1 aromatic rings. The highest BCUT2D eigenvalue weighted by Crippen LogP contribution is 2.11. The maximum Gasteiger partial charge on any atom is 0.339 e. The molecule has 1 aromatic carbocycles. The fraction of sp³-hybridized carbons (Fsp3) is 0.357. The number of esters is 1. The van der Waals surface area contributed by atoms with Crippen molar-refractivity contribution in [3.63, 3.8) is 0 Å². The summed E-state index contributed by atoms with van der Waals surface area (Å²) in [6.07, 6.45) is 1.81. The summed E-state index contributed by atoms with van der Waals surface area (Å²) in [5.41, 5.74) is -0.0751. The maximum atomic E-state index is 11.7. The van der Waals surface area contributed by atoms with Crippen LogP contribution in [0, 0.1) is 0 Å². The Kier molecular flexibility index (Phi) is 6.22. The normalized spacial score (nSPS) is 10.0. The average Bonchev–Trinajstić information content (AvgIpc) is 2.42. The van der Waals surface area contributed by atoms with E-state index in [2.05, 4.69) is 0 Å². The van der Waals surface area contributed by atoms with Crippen molar-refractivity contribution < 1.29 is 29.3 Å². The van der Waals surface area contributed by atoms with Gasteiger partial charge in [0.05, 0.1) is 17.7 Å². The summed E-state index contributed by atoms with van der Waals surface area (Å²) in [6, 6.07) is 5.84. The summed E-state index contributed by atoms with van der Waals surface area (Å²) >= 11 is 0. The van der Waals surface area contributed by atoms with Gasteiger partial charge in [0, 0.05) is 6.42 Å². The van der Waals surface area contributed by atoms with Crippen molar-refractivity contribution >= 4 is 17.9 Å². The highest BCUT2D eigenvalue weighted by atomic mass is 16.5. The summed E-state index contributed by atoms with van der Waals surface area (Å²) in [5, 5.41) is 17.4. The fourth-order valence-electron chi connectivity index (χ4n) is 1.65. The van der Waals surface area contributed by atoms with Crippen LogP contribution in [0.4, 0.5) is 0 Å². The van der Waals surface area contributed by atoms with Crippen molar-refractivity contribution in [3.8, 4) is 0 Å². The summed E-state index contributed by atoms with van der Waals surface area (Å²) in [4.78, 5) is 33.0. The topological polar surface area (TPSA) is 101 Å². The number of aliphatic carboxylic acids is 1. The molecule has 0 bridgehead atoms. The predicted molar refractivity (Wildman–Crippen MR) is 69.8 cm³/mol. The Morgan fingerprint density at radius 2 is 1.60 bits per heavy atom. The van der Waals surface area contributed by atoms with E-state index in [4.69, 9.17) is 14.9 Å². The number of rotatable bonds is 8. The Bertz CT molecular complexity index is 494. The highest BCUT2D eigenvalue weighted by molar-refractivity contribution is 6.02. The molecule has 0 heterocycles. The van der Waals surface area contributed by atoms with Gasteiger partial charge in [-0.3, -0.25) is 4.79 Å². The second-order valence-electron chi connectivity index (χ2n) is 4.19. The largest absolute Gasteiger partial charge is 0.481 e. The third-order valence-electron chi connectivity index (χ3n) is 2.65. The van der Waals surface area contributed by atoms with E-state index in [1.807, 2.05) is 0 Å². The molecule has 0 unspecified atom stereocenters. The molecule has 0 amide bonds. The lowest BCUT2D eigenvalue weighted by atomic mass is 10.1. The molecule has 0 saturated heterocycles. The minimum Gasteiger partial charge on any atom is -0.481 e. The Morgan fingerprint density at radius 3 is 2.20 bits per heavy atom. The second kappa shape index (κ2) is 7.93. The van der Waals surface area contributed by atoms with Gasteiger partial charge < -0.3 is 14.9 Å². The van der Waals surface area contributed by atoms with Gasteiger partial charge in [0.2, 0.25) is 0 Å². The predicted octanol–water partition coefficient (Wildman–Crippen LogP) is 2.19. The monoisotopic (exact) mass is 280 g/mol. The zero-order valence-electron chi connectivity index (χ0n) is 10.9. The van der Waals surface area contributed by atoms with E-state index in [-0.39, 0.29) is 24.2 Å². The van der Waals surface area contributed by atoms with Crippen LogP contribution in [-0.4, -0.2) is 34.7 Å². The van der Waals surface area contributed by atoms with Gasteiger partial charge in [0.25, 0.3) is 0 Å². The molecule has 0 aliphatic rings. The van der Waals surface area contributed by atoms with Crippen LogP contribution in [0.3, 0.4) is 0 Å². The Balaban J connectivity index is 2.40. The number of hydrogen-bond donors (Lipinski definition) is 2. The fourth-order valence-corrected chi connectivity index (χ4v) is 1.65. The number of carboxylic acid groups (broad SMARTS) is 2. The van der Waals surface area contributed by atoms with E-state index >= 15 is 0 Å². The zero-order chi connectivity index (χ0) is 15.0. The summed E-state index contributed by atoms with van der Waals surface area (Å²) in [7, 11) is 0. The quantitative estimate of drug-likeness (QED) is 0.559. The first-order valence-electron chi connectivity index (χ1n) is 6.23. The third-order valence-corrected chi connectivity index (χ3v) is 2.65. The van der Waals surface area contributed by atoms with Crippen LogP contribution in [0.1, 0.15) is 46.4 Å². The zero-order valence-corrected chi connectivity index (χ0v) is 10.9. The van der Waals surface area contributed by atoms with Gasteiger partial charge in [0.15, 0.2) is 0 Å². The van der Waals surface area contributed by atoms with E-state index in [1.165, 1.54) is 18.2 Å². The standard InChI is InChI=1S/C14H16O6/c15-12(16)8-2-1-5-9-20-14(19)11-7-4-3-6-10(11)13(17)18/h3-4,6-7H,1-2,5,8-9H2,(H,15,16)(H,17,18). The minimum atomic E-state index is -1.18. The van der Waals surface area contributed by atoms with Crippen molar-refractivity contribution in [2.24, 2.45) is 0 Å². The average molecular weight is 280 g/mol. The number of carbonyl (C=O) groups is 3. The van der Waals surface area contributed by atoms with Gasteiger partial charge >= 0.3 is 17.9 Å². The van der Waals surface area contributed by atoms with Gasteiger partial charge in [-0.25, -0.2) is 9.59 Å². The lowest BCUT2D eigenvalue weighted by molar-refractivity contribution is -0.137. The maximum absolute atomic E-state index is 11.7. The molecule has 108 valence electrons. The SMILES string of the molecule is O=C(O)CCCCCOC(=O)c1ccccc1C(=O)O. The van der Waals surface area contributed by atoms with Crippen LogP contribution in [0.2, 0.25) is 0 Å². The van der Waals surface area contributed by atoms with E-state index < -0.39 is 17.9 Å². The van der Waals surface area contributed by atoms with Crippen LogP contribution >= 0.6 is 0 Å². The molecule has 2 N–H and O–H groups in total. The van der Waals surface area contributed by atoms with Crippen LogP contribution in [0.5, 0.6) is 0 Å². The van der Waals surface area contributed by atoms with Gasteiger partial charge in [0.1, 0.15) is 0 Å². The Labute approximate surface area is 116 Å². The molecule has 0 fully saturated rings. The Morgan fingerprint density at radius 1 is 0.950 bits per heavy atom. The first-order valence-corrected chi connectivity index (χ1v) is 6.23. The number of carbonyl (C=O) groups excluding carboxylic acids is 1. The van der Waals surface area contributed by atoms with Crippen LogP contribution < -0.4 is 0 Å². The molecule has 0 atom stereocenters. The van der Waals surface area contributed by atoms with Crippen LogP contribution in [-0.2, 0) is 9.53 Å². The van der Waals surface area contributed by atoms with E-state index in [9.17, 15) is 14.4 Å². The van der Waals surface area contributed by atoms with Crippen LogP contribution in [0.15, 0.2) is 24.3 Å². The van der Waals surface area contributed by atoms with Gasteiger partial charge in [-0.15, -0.1) is 0 Å². The first-order chi connectivity index (χ1) is 9.52. The van der Waals surface area contributed by atoms with Crippen molar-refractivity contribution in [3.05, 3.63) is 35.4 Å². The van der Waals surface area contributed by atoms with E-state index in [0.717, 1.165) is 0 Å². The molecule has 0 saturated carbocycles. The number of carboxylic acids is 2. The molecule has 6 heteroatoms. The summed E-state index contributed by atoms with van der Waals surface area (Å²) in [6.45, 7) is 0.145. The van der Waals surface area contributed by atoms with E-state index in [0.29, 0.717) is 19.3 Å². The molecule has 0 radical (unpaired) electrons. The molecule has 0 aromatic heterocycles. The lowest BCUT2D eigenvalue weighted by Crippen LogP contribution is -2.12. The molecular weight excluding hydrogens is 264 g/mol. The van der Waals surface area contributed by atoms with Gasteiger partial charge in [-0.2, -0.15) is 0 Å². The van der Waals surface area contributed by atoms with Crippen molar-refractivity contribution in [1.29, 1.82) is 0 Å². The van der Waals surface area contributed by atoms with Crippen LogP contribution in [0.25, 0.3) is 0 Å². The molecular formula is C14H16O6. The second-order valence-corrected chi connectivity index (χ2v) is 4.19. The molecule has 20 heavy (non-hydrogen) atoms. The lowest BCUT2D eigenvalue weighted by Gasteiger charge is -2.06. The number of ether oxygens (including phenoxy) is 1. The number of hydrogen-bond acceptors (Lipinski definition) is 4. The number of unbranched alkanes of at least 4 members (excludes halogenated alkanes) is 2. The smallest absolute Gasteiger partial charge is 0.339 e. The number of benzene rings is 1. The molecule has 0 spiro atoms. The minimum absolute atomic E-state index is 0.0190. The molecule has 0 aliphatic carbocycles. The van der Waals surface area contributed by atoms with Crippen molar-refractivity contribution in [2.75, 3.05) is 6.61 Å². The summed E-state index contributed by atoms with van der Waals surface area (Å²) in [5.74, 6) is -2.71. The summed E-state index contributed by atoms with van der Waals surface area (Å²) < 4.78 is 4.98. The van der Waals surface area contributed by atoms with Gasteiger partial charge in [-0.05, 0) is 31.4 Å². The molecule has 6 nitrogen and oxygen atoms in total. The Hall–Kier alpha value is -2.37. The van der Waals surface area contributed by atoms with Crippen molar-refractivity contribution in [1.82, 2.24) is 0 Å². The molecule has 0 aliphatic heterocycles. The van der Waals surface area contributed by atoms with Gasteiger partial charge in [-0.1, -0.05) is 12.1 Å². The third kappa shape index (κ3) is 5.09. The van der Waals surface area contributed by atoms with E-state index in [1.54, 1.807) is 6.07 Å².